The molecule has 3 aromatic rings. The van der Waals surface area contributed by atoms with Gasteiger partial charge in [-0.1, -0.05) is 12.1 Å². The molecular weight excluding hydrogens is 389 g/mol. The molecule has 156 valence electrons. The van der Waals surface area contributed by atoms with Gasteiger partial charge in [0.2, 0.25) is 5.78 Å². The predicted octanol–water partition coefficient (Wildman–Crippen LogP) is 4.05. The average Bonchev–Trinajstić information content (AvgIpc) is 3.05. The second-order valence-corrected chi connectivity index (χ2v) is 6.62. The maximum absolute atomic E-state index is 13.5. The van der Waals surface area contributed by atoms with Crippen molar-refractivity contribution in [3.63, 3.8) is 0 Å². The maximum Gasteiger partial charge on any atom is 0.344 e. The second kappa shape index (κ2) is 9.26. The third-order valence-corrected chi connectivity index (χ3v) is 4.61. The highest BCUT2D eigenvalue weighted by molar-refractivity contribution is 5.99. The molecule has 6 nitrogen and oxygen atoms in total. The number of benzene rings is 2. The number of nitrogens with zero attached hydrogens (tertiary/aromatic N) is 1. The van der Waals surface area contributed by atoms with Gasteiger partial charge in [0.25, 0.3) is 0 Å². The van der Waals surface area contributed by atoms with E-state index in [1.54, 1.807) is 19.2 Å². The van der Waals surface area contributed by atoms with Crippen LogP contribution in [0.15, 0.2) is 54.6 Å². The molecule has 0 bridgehead atoms. The molecule has 0 fully saturated rings. The number of aryl methyl sites for hydroxylation is 1. The van der Waals surface area contributed by atoms with Gasteiger partial charge in [-0.05, 0) is 56.3 Å². The zero-order chi connectivity index (χ0) is 21.7. The van der Waals surface area contributed by atoms with Crippen molar-refractivity contribution in [2.45, 2.75) is 13.8 Å². The van der Waals surface area contributed by atoms with Gasteiger partial charge in [0.05, 0.1) is 7.11 Å². The van der Waals surface area contributed by atoms with E-state index in [0.717, 1.165) is 22.8 Å². The van der Waals surface area contributed by atoms with E-state index in [9.17, 15) is 14.0 Å². The van der Waals surface area contributed by atoms with Crippen molar-refractivity contribution in [1.82, 2.24) is 4.57 Å². The van der Waals surface area contributed by atoms with E-state index in [0.29, 0.717) is 5.56 Å². The molecule has 0 saturated heterocycles. The largest absolute Gasteiger partial charge is 0.497 e. The van der Waals surface area contributed by atoms with Crippen LogP contribution >= 0.6 is 0 Å². The molecule has 7 heteroatoms. The molecule has 0 radical (unpaired) electrons. The van der Waals surface area contributed by atoms with Crippen LogP contribution in [0, 0.1) is 19.7 Å². The van der Waals surface area contributed by atoms with E-state index < -0.39 is 25.0 Å². The van der Waals surface area contributed by atoms with Crippen LogP contribution in [-0.2, 0) is 9.53 Å². The number of ketones is 1. The van der Waals surface area contributed by atoms with Crippen molar-refractivity contribution >= 4 is 11.8 Å². The summed E-state index contributed by atoms with van der Waals surface area (Å²) in [5.74, 6) is -0.976. The average molecular weight is 411 g/mol. The normalized spacial score (nSPS) is 10.5. The number of carbonyl (C=O) groups excluding carboxylic acids is 2. The Labute approximate surface area is 173 Å². The Morgan fingerprint density at radius 2 is 1.70 bits per heavy atom. The summed E-state index contributed by atoms with van der Waals surface area (Å²) in [7, 11) is 1.60. The topological polar surface area (TPSA) is 66.8 Å². The first-order chi connectivity index (χ1) is 14.4. The number of hydrogen-bond acceptors (Lipinski definition) is 5. The van der Waals surface area contributed by atoms with E-state index in [4.69, 9.17) is 14.2 Å². The molecule has 0 atom stereocenters. The van der Waals surface area contributed by atoms with Crippen molar-refractivity contribution in [2.24, 2.45) is 0 Å². The Morgan fingerprint density at radius 1 is 1.00 bits per heavy atom. The fraction of sp³-hybridized carbons (Fsp3) is 0.217. The van der Waals surface area contributed by atoms with Gasteiger partial charge in [0.15, 0.2) is 24.8 Å². The summed E-state index contributed by atoms with van der Waals surface area (Å²) in [5.41, 5.74) is 2.96. The van der Waals surface area contributed by atoms with Crippen LogP contribution < -0.4 is 9.47 Å². The number of methoxy groups -OCH3 is 1. The predicted molar refractivity (Wildman–Crippen MR) is 109 cm³/mol. The second-order valence-electron chi connectivity index (χ2n) is 6.62. The van der Waals surface area contributed by atoms with Gasteiger partial charge in [0, 0.05) is 22.6 Å². The number of carbonyl (C=O) groups is 2. The highest BCUT2D eigenvalue weighted by Crippen LogP contribution is 2.23. The molecule has 0 aliphatic rings. The Kier molecular flexibility index (Phi) is 6.51. The first-order valence-electron chi connectivity index (χ1n) is 9.30. The molecule has 0 amide bonds. The summed E-state index contributed by atoms with van der Waals surface area (Å²) in [6.45, 7) is 2.81. The van der Waals surface area contributed by atoms with Gasteiger partial charge in [-0.15, -0.1) is 0 Å². The van der Waals surface area contributed by atoms with Crippen LogP contribution in [0.5, 0.6) is 11.5 Å². The van der Waals surface area contributed by atoms with Gasteiger partial charge in [-0.2, -0.15) is 0 Å². The first-order valence-corrected chi connectivity index (χ1v) is 9.30. The molecule has 0 aliphatic carbocycles. The van der Waals surface area contributed by atoms with Gasteiger partial charge in [0.1, 0.15) is 5.75 Å². The molecule has 1 aromatic heterocycles. The highest BCUT2D eigenvalue weighted by Gasteiger charge is 2.18. The molecule has 0 spiro atoms. The SMILES string of the molecule is COc1ccc(-n2c(C)cc(C(=O)COC(=O)COc3ccccc3F)c2C)cc1. The number of ether oxygens (including phenoxy) is 3. The molecule has 1 heterocycles. The number of aromatic nitrogens is 1. The lowest BCUT2D eigenvalue weighted by Crippen LogP contribution is -2.20. The maximum atomic E-state index is 13.5. The van der Waals surface area contributed by atoms with Crippen LogP contribution in [0.25, 0.3) is 5.69 Å². The third kappa shape index (κ3) is 4.68. The van der Waals surface area contributed by atoms with Crippen molar-refractivity contribution in [3.05, 3.63) is 77.4 Å². The number of halogens is 1. The Hall–Kier alpha value is -3.61. The van der Waals surface area contributed by atoms with Crippen LogP contribution in [0.1, 0.15) is 21.7 Å². The van der Waals surface area contributed by atoms with Gasteiger partial charge < -0.3 is 18.8 Å². The zero-order valence-corrected chi connectivity index (χ0v) is 17.0. The van der Waals surface area contributed by atoms with Gasteiger partial charge >= 0.3 is 5.97 Å². The minimum atomic E-state index is -0.754. The number of para-hydroxylation sites is 1. The van der Waals surface area contributed by atoms with Gasteiger partial charge in [-0.3, -0.25) is 4.79 Å². The minimum absolute atomic E-state index is 0.0520. The summed E-state index contributed by atoms with van der Waals surface area (Å²) in [5, 5.41) is 0. The quantitative estimate of drug-likeness (QED) is 0.413. The molecule has 0 aliphatic heterocycles. The highest BCUT2D eigenvalue weighted by atomic mass is 19.1. The fourth-order valence-electron chi connectivity index (χ4n) is 3.14. The summed E-state index contributed by atoms with van der Waals surface area (Å²) in [6, 6.07) is 15.0. The van der Waals surface area contributed by atoms with E-state index in [-0.39, 0.29) is 11.5 Å². The van der Waals surface area contributed by atoms with Crippen molar-refractivity contribution < 1.29 is 28.2 Å². The van der Waals surface area contributed by atoms with E-state index in [1.807, 2.05) is 42.7 Å². The van der Waals surface area contributed by atoms with Crippen molar-refractivity contribution in [3.8, 4) is 17.2 Å². The summed E-state index contributed by atoms with van der Waals surface area (Å²) < 4.78 is 30.7. The zero-order valence-electron chi connectivity index (χ0n) is 17.0. The number of esters is 1. The van der Waals surface area contributed by atoms with Crippen molar-refractivity contribution in [1.29, 1.82) is 0 Å². The van der Waals surface area contributed by atoms with E-state index >= 15 is 0 Å². The molecule has 2 aromatic carbocycles. The Balaban J connectivity index is 1.63. The number of Topliss-reactive ketones (excluding diaryl/α,β-unsaturated/α-hetero) is 1. The molecule has 0 saturated carbocycles. The smallest absolute Gasteiger partial charge is 0.344 e. The molecule has 0 N–H and O–H groups in total. The lowest BCUT2D eigenvalue weighted by molar-refractivity contribution is -0.144. The van der Waals surface area contributed by atoms with Crippen LogP contribution in [0.4, 0.5) is 4.39 Å². The molecular formula is C23H22FNO5. The van der Waals surface area contributed by atoms with Crippen LogP contribution in [-0.4, -0.2) is 36.6 Å². The van der Waals surface area contributed by atoms with E-state index in [2.05, 4.69) is 0 Å². The fourth-order valence-corrected chi connectivity index (χ4v) is 3.14. The summed E-state index contributed by atoms with van der Waals surface area (Å²) in [4.78, 5) is 24.4. The van der Waals surface area contributed by atoms with E-state index in [1.165, 1.54) is 18.2 Å². The Morgan fingerprint density at radius 3 is 2.37 bits per heavy atom. The summed E-state index contributed by atoms with van der Waals surface area (Å²) in [6.07, 6.45) is 0. The standard InChI is InChI=1S/C23H22FNO5/c1-15-12-19(16(2)25(15)17-8-10-18(28-3)11-9-17)21(26)13-30-23(27)14-29-22-7-5-4-6-20(22)24/h4-12H,13-14H2,1-3H3. The molecule has 30 heavy (non-hydrogen) atoms. The lowest BCUT2D eigenvalue weighted by Gasteiger charge is -2.11. The third-order valence-electron chi connectivity index (χ3n) is 4.61. The lowest BCUT2D eigenvalue weighted by atomic mass is 10.1. The molecule has 0 unspecified atom stereocenters. The van der Waals surface area contributed by atoms with Crippen LogP contribution in [0.3, 0.4) is 0 Å². The molecule has 3 rings (SSSR count). The Bertz CT molecular complexity index is 1060. The number of hydrogen-bond donors (Lipinski definition) is 0. The number of rotatable bonds is 8. The summed E-state index contributed by atoms with van der Waals surface area (Å²) >= 11 is 0. The van der Waals surface area contributed by atoms with Crippen LogP contribution in [0.2, 0.25) is 0 Å². The van der Waals surface area contributed by atoms with Gasteiger partial charge in [-0.25, -0.2) is 9.18 Å². The monoisotopic (exact) mass is 411 g/mol. The minimum Gasteiger partial charge on any atom is -0.497 e. The first kappa shape index (κ1) is 21.1. The van der Waals surface area contributed by atoms with Crippen molar-refractivity contribution in [2.75, 3.05) is 20.3 Å².